The van der Waals surface area contributed by atoms with Crippen molar-refractivity contribution in [1.29, 1.82) is 0 Å². The van der Waals surface area contributed by atoms with Crippen LogP contribution in [-0.2, 0) is 0 Å². The zero-order valence-electron chi connectivity index (χ0n) is 9.32. The maximum atomic E-state index is 11.3. The normalized spacial score (nSPS) is 10.7. The Bertz CT molecular complexity index is 373. The second-order valence-corrected chi connectivity index (χ2v) is 3.70. The van der Waals surface area contributed by atoms with Gasteiger partial charge in [0.1, 0.15) is 11.6 Å². The molecule has 0 aromatic carbocycles. The summed E-state index contributed by atoms with van der Waals surface area (Å²) in [5.74, 6) is 1.20. The van der Waals surface area contributed by atoms with Gasteiger partial charge in [-0.2, -0.15) is 0 Å². The standard InChI is InChI=1S/C10H17N3O2/c1-7(2)13(4-5-14)9-6-10(15)12-8(3)11-9/h6-7,14H,4-5H2,1-3H3,(H,11,12,15). The number of hydrogen-bond acceptors (Lipinski definition) is 4. The molecule has 15 heavy (non-hydrogen) atoms. The Morgan fingerprint density at radius 2 is 2.27 bits per heavy atom. The molecule has 1 aromatic heterocycles. The van der Waals surface area contributed by atoms with E-state index in [-0.39, 0.29) is 18.2 Å². The first-order valence-corrected chi connectivity index (χ1v) is 5.00. The van der Waals surface area contributed by atoms with Crippen LogP contribution in [0.4, 0.5) is 5.82 Å². The van der Waals surface area contributed by atoms with Gasteiger partial charge >= 0.3 is 0 Å². The molecule has 1 heterocycles. The van der Waals surface area contributed by atoms with Gasteiger partial charge in [-0.1, -0.05) is 0 Å². The maximum absolute atomic E-state index is 11.3. The van der Waals surface area contributed by atoms with Crippen LogP contribution in [0, 0.1) is 6.92 Å². The van der Waals surface area contributed by atoms with E-state index in [1.54, 1.807) is 6.92 Å². The van der Waals surface area contributed by atoms with E-state index in [2.05, 4.69) is 9.97 Å². The molecule has 0 aliphatic carbocycles. The first-order chi connectivity index (χ1) is 7.04. The van der Waals surface area contributed by atoms with Gasteiger partial charge in [0, 0.05) is 18.7 Å². The number of rotatable bonds is 4. The summed E-state index contributed by atoms with van der Waals surface area (Å²) in [5.41, 5.74) is -0.166. The number of aliphatic hydroxyl groups excluding tert-OH is 1. The van der Waals surface area contributed by atoms with Gasteiger partial charge in [0.2, 0.25) is 0 Å². The third-order valence-electron chi connectivity index (χ3n) is 2.11. The molecule has 84 valence electrons. The Morgan fingerprint density at radius 3 is 2.73 bits per heavy atom. The molecule has 0 unspecified atom stereocenters. The molecule has 5 heteroatoms. The smallest absolute Gasteiger partial charge is 0.252 e. The molecule has 2 N–H and O–H groups in total. The average Bonchev–Trinajstić information content (AvgIpc) is 2.11. The highest BCUT2D eigenvalue weighted by Gasteiger charge is 2.12. The van der Waals surface area contributed by atoms with Crippen molar-refractivity contribution in [2.24, 2.45) is 0 Å². The summed E-state index contributed by atoms with van der Waals surface area (Å²) in [6.45, 7) is 6.25. The second kappa shape index (κ2) is 4.93. The molecule has 0 amide bonds. The third kappa shape index (κ3) is 3.06. The lowest BCUT2D eigenvalue weighted by Gasteiger charge is -2.26. The molecule has 0 fully saturated rings. The summed E-state index contributed by atoms with van der Waals surface area (Å²) in [4.78, 5) is 20.0. The van der Waals surface area contributed by atoms with Crippen LogP contribution in [0.1, 0.15) is 19.7 Å². The number of aryl methyl sites for hydroxylation is 1. The van der Waals surface area contributed by atoms with E-state index in [0.29, 0.717) is 18.2 Å². The lowest BCUT2D eigenvalue weighted by atomic mass is 10.3. The van der Waals surface area contributed by atoms with Crippen molar-refractivity contribution in [3.63, 3.8) is 0 Å². The van der Waals surface area contributed by atoms with Crippen molar-refractivity contribution in [2.45, 2.75) is 26.8 Å². The van der Waals surface area contributed by atoms with Crippen molar-refractivity contribution < 1.29 is 5.11 Å². The van der Waals surface area contributed by atoms with E-state index >= 15 is 0 Å². The predicted molar refractivity (Wildman–Crippen MR) is 59.2 cm³/mol. The van der Waals surface area contributed by atoms with Crippen molar-refractivity contribution >= 4 is 5.82 Å². The lowest BCUT2D eigenvalue weighted by Crippen LogP contribution is -2.35. The van der Waals surface area contributed by atoms with Crippen LogP contribution in [0.5, 0.6) is 0 Å². The van der Waals surface area contributed by atoms with Crippen molar-refractivity contribution in [3.05, 3.63) is 22.2 Å². The van der Waals surface area contributed by atoms with Gasteiger partial charge in [0.15, 0.2) is 0 Å². The molecule has 0 atom stereocenters. The van der Waals surface area contributed by atoms with E-state index in [0.717, 1.165) is 0 Å². The molecule has 0 aliphatic heterocycles. The summed E-state index contributed by atoms with van der Waals surface area (Å²) >= 11 is 0. The summed E-state index contributed by atoms with van der Waals surface area (Å²) in [6, 6.07) is 1.65. The second-order valence-electron chi connectivity index (χ2n) is 3.70. The molecule has 0 aliphatic rings. The molecule has 1 rings (SSSR count). The summed E-state index contributed by atoms with van der Waals surface area (Å²) in [6.07, 6.45) is 0. The van der Waals surface area contributed by atoms with Crippen LogP contribution in [-0.4, -0.2) is 34.3 Å². The molecule has 0 spiro atoms. The lowest BCUT2D eigenvalue weighted by molar-refractivity contribution is 0.298. The number of nitrogens with one attached hydrogen (secondary N) is 1. The highest BCUT2D eigenvalue weighted by molar-refractivity contribution is 5.38. The minimum atomic E-state index is -0.166. The van der Waals surface area contributed by atoms with Crippen LogP contribution in [0.15, 0.2) is 10.9 Å². The number of hydrogen-bond donors (Lipinski definition) is 2. The first kappa shape index (κ1) is 11.7. The zero-order valence-corrected chi connectivity index (χ0v) is 9.32. The number of aromatic nitrogens is 2. The van der Waals surface area contributed by atoms with Crippen LogP contribution >= 0.6 is 0 Å². The quantitative estimate of drug-likeness (QED) is 0.751. The largest absolute Gasteiger partial charge is 0.395 e. The number of aromatic amines is 1. The van der Waals surface area contributed by atoms with Crippen molar-refractivity contribution in [2.75, 3.05) is 18.1 Å². The fraction of sp³-hybridized carbons (Fsp3) is 0.600. The fourth-order valence-corrected chi connectivity index (χ4v) is 1.46. The van der Waals surface area contributed by atoms with Gasteiger partial charge in [-0.05, 0) is 20.8 Å². The van der Waals surface area contributed by atoms with Gasteiger partial charge < -0.3 is 15.0 Å². The van der Waals surface area contributed by atoms with Crippen LogP contribution in [0.2, 0.25) is 0 Å². The molecular weight excluding hydrogens is 194 g/mol. The molecule has 1 aromatic rings. The SMILES string of the molecule is Cc1nc(N(CCO)C(C)C)cc(=O)[nH]1. The van der Waals surface area contributed by atoms with Gasteiger partial charge in [-0.3, -0.25) is 4.79 Å². The molecule has 0 bridgehead atoms. The molecule has 5 nitrogen and oxygen atoms in total. The minimum absolute atomic E-state index is 0.0473. The number of H-pyrrole nitrogens is 1. The minimum Gasteiger partial charge on any atom is -0.395 e. The predicted octanol–water partition coefficient (Wildman–Crippen LogP) is 0.285. The highest BCUT2D eigenvalue weighted by Crippen LogP contribution is 2.10. The Morgan fingerprint density at radius 1 is 1.60 bits per heavy atom. The average molecular weight is 211 g/mol. The molecule has 0 radical (unpaired) electrons. The van der Waals surface area contributed by atoms with Gasteiger partial charge in [-0.15, -0.1) is 0 Å². The Kier molecular flexibility index (Phi) is 3.85. The van der Waals surface area contributed by atoms with Crippen LogP contribution in [0.3, 0.4) is 0 Å². The van der Waals surface area contributed by atoms with Gasteiger partial charge in [0.25, 0.3) is 5.56 Å². The molecular formula is C10H17N3O2. The van der Waals surface area contributed by atoms with Gasteiger partial charge in [-0.25, -0.2) is 4.98 Å². The number of anilines is 1. The van der Waals surface area contributed by atoms with Crippen molar-refractivity contribution in [3.8, 4) is 0 Å². The van der Waals surface area contributed by atoms with Crippen molar-refractivity contribution in [1.82, 2.24) is 9.97 Å². The molecule has 0 saturated carbocycles. The topological polar surface area (TPSA) is 69.2 Å². The highest BCUT2D eigenvalue weighted by atomic mass is 16.3. The third-order valence-corrected chi connectivity index (χ3v) is 2.11. The van der Waals surface area contributed by atoms with Crippen LogP contribution in [0.25, 0.3) is 0 Å². The summed E-state index contributed by atoms with van der Waals surface area (Å²) in [7, 11) is 0. The Labute approximate surface area is 88.8 Å². The van der Waals surface area contributed by atoms with Crippen LogP contribution < -0.4 is 10.5 Å². The fourth-order valence-electron chi connectivity index (χ4n) is 1.46. The van der Waals surface area contributed by atoms with E-state index in [9.17, 15) is 4.79 Å². The van der Waals surface area contributed by atoms with Gasteiger partial charge in [0.05, 0.1) is 6.61 Å². The number of aliphatic hydroxyl groups is 1. The van der Waals surface area contributed by atoms with E-state index in [1.165, 1.54) is 6.07 Å². The van der Waals surface area contributed by atoms with E-state index in [1.807, 2.05) is 18.7 Å². The Hall–Kier alpha value is -1.36. The summed E-state index contributed by atoms with van der Waals surface area (Å²) in [5, 5.41) is 8.93. The zero-order chi connectivity index (χ0) is 11.4. The monoisotopic (exact) mass is 211 g/mol. The Balaban J connectivity index is 3.05. The van der Waals surface area contributed by atoms with E-state index in [4.69, 9.17) is 5.11 Å². The number of nitrogens with zero attached hydrogens (tertiary/aromatic N) is 2. The first-order valence-electron chi connectivity index (χ1n) is 5.00. The summed E-state index contributed by atoms with van der Waals surface area (Å²) < 4.78 is 0. The molecule has 0 saturated heterocycles. The van der Waals surface area contributed by atoms with E-state index < -0.39 is 0 Å². The maximum Gasteiger partial charge on any atom is 0.252 e.